The van der Waals surface area contributed by atoms with Gasteiger partial charge in [0.1, 0.15) is 0 Å². The first-order valence-electron chi connectivity index (χ1n) is 11.6. The third-order valence-electron chi connectivity index (χ3n) is 7.02. The highest BCUT2D eigenvalue weighted by molar-refractivity contribution is 5.27. The van der Waals surface area contributed by atoms with Gasteiger partial charge in [-0.3, -0.25) is 0 Å². The van der Waals surface area contributed by atoms with Crippen molar-refractivity contribution in [2.75, 3.05) is 0 Å². The van der Waals surface area contributed by atoms with Gasteiger partial charge in [-0.2, -0.15) is 0 Å². The lowest BCUT2D eigenvalue weighted by Crippen LogP contribution is -2.27. The minimum absolute atomic E-state index is 0.0752. The van der Waals surface area contributed by atoms with Gasteiger partial charge in [-0.15, -0.1) is 0 Å². The average molecular weight is 361 g/mol. The summed E-state index contributed by atoms with van der Waals surface area (Å²) in [5.74, 6) is 2.10. The fourth-order valence-corrected chi connectivity index (χ4v) is 5.09. The summed E-state index contributed by atoms with van der Waals surface area (Å²) in [6.45, 7) is 11.3. The van der Waals surface area contributed by atoms with E-state index < -0.39 is 0 Å². The third kappa shape index (κ3) is 6.87. The lowest BCUT2D eigenvalue weighted by atomic mass is 9.71. The van der Waals surface area contributed by atoms with Crippen LogP contribution >= 0.6 is 0 Å². The van der Waals surface area contributed by atoms with E-state index in [0.717, 1.165) is 12.3 Å². The van der Waals surface area contributed by atoms with Crippen LogP contribution in [0.3, 0.4) is 0 Å². The van der Waals surface area contributed by atoms with Crippen LogP contribution in [0.4, 0.5) is 0 Å². The summed E-state index contributed by atoms with van der Waals surface area (Å²) >= 11 is 0. The normalized spacial score (nSPS) is 22.1. The van der Waals surface area contributed by atoms with Crippen LogP contribution in [0.25, 0.3) is 0 Å². The quantitative estimate of drug-likeness (QED) is 0.335. The zero-order chi connectivity index (χ0) is 18.9. The average Bonchev–Trinajstić information content (AvgIpc) is 2.59. The molecule has 3 atom stereocenters. The molecule has 0 heterocycles. The van der Waals surface area contributed by atoms with Gasteiger partial charge < -0.3 is 5.11 Å². The Morgan fingerprint density at radius 1 is 1.00 bits per heavy atom. The Kier molecular flexibility index (Phi) is 9.46. The van der Waals surface area contributed by atoms with Crippen LogP contribution in [0.2, 0.25) is 0 Å². The Labute approximate surface area is 163 Å². The molecule has 150 valence electrons. The van der Waals surface area contributed by atoms with Gasteiger partial charge in [-0.05, 0) is 82.0 Å². The van der Waals surface area contributed by atoms with Gasteiger partial charge in [-0.25, -0.2) is 0 Å². The zero-order valence-electron chi connectivity index (χ0n) is 17.9. The second-order valence-electron chi connectivity index (χ2n) is 9.40. The molecule has 0 bridgehead atoms. The van der Waals surface area contributed by atoms with Crippen LogP contribution in [-0.2, 0) is 0 Å². The maximum Gasteiger partial charge on any atom is 0.0571 e. The highest BCUT2D eigenvalue weighted by Gasteiger charge is 2.29. The summed E-state index contributed by atoms with van der Waals surface area (Å²) in [5, 5.41) is 10.6. The molecule has 2 aliphatic carbocycles. The lowest BCUT2D eigenvalue weighted by Gasteiger charge is -2.36. The molecule has 0 spiro atoms. The fourth-order valence-electron chi connectivity index (χ4n) is 5.09. The van der Waals surface area contributed by atoms with Gasteiger partial charge in [0, 0.05) is 0 Å². The molecule has 0 radical (unpaired) electrons. The van der Waals surface area contributed by atoms with Crippen molar-refractivity contribution in [2.24, 2.45) is 17.8 Å². The topological polar surface area (TPSA) is 20.2 Å². The molecule has 0 aromatic heterocycles. The van der Waals surface area contributed by atoms with Gasteiger partial charge in [0.2, 0.25) is 0 Å². The molecule has 3 unspecified atom stereocenters. The second-order valence-corrected chi connectivity index (χ2v) is 9.40. The summed E-state index contributed by atoms with van der Waals surface area (Å²) in [4.78, 5) is 0. The minimum Gasteiger partial charge on any atom is -0.393 e. The van der Waals surface area contributed by atoms with E-state index in [1.165, 1.54) is 89.0 Å². The summed E-state index contributed by atoms with van der Waals surface area (Å²) < 4.78 is 0. The van der Waals surface area contributed by atoms with Gasteiger partial charge in [-0.1, -0.05) is 69.8 Å². The predicted molar refractivity (Wildman–Crippen MR) is 114 cm³/mol. The molecule has 1 N–H and O–H groups in total. The van der Waals surface area contributed by atoms with Crippen LogP contribution in [-0.4, -0.2) is 11.2 Å². The van der Waals surface area contributed by atoms with E-state index >= 15 is 0 Å². The maximum atomic E-state index is 10.6. The largest absolute Gasteiger partial charge is 0.393 e. The number of hydrogen-bond donors (Lipinski definition) is 1. The monoisotopic (exact) mass is 360 g/mol. The molecule has 2 rings (SSSR count). The first-order valence-corrected chi connectivity index (χ1v) is 11.6. The number of aliphatic hydroxyl groups is 1. The Bertz CT molecular complexity index is 455. The molecule has 0 saturated carbocycles. The standard InChI is InChI=1S/C25H44O/c1-5-7-21(8-6-2)17-20(4)10-9-19(3)11-16-25(26)24-15-13-22-12-14-23(22)18-24/h19,21,24-26H,4-18H2,1-3H3. The molecule has 26 heavy (non-hydrogen) atoms. The van der Waals surface area contributed by atoms with E-state index in [4.69, 9.17) is 0 Å². The summed E-state index contributed by atoms with van der Waals surface area (Å²) in [6, 6.07) is 0. The fraction of sp³-hybridized carbons (Fsp3) is 0.840. The van der Waals surface area contributed by atoms with Crippen LogP contribution < -0.4 is 0 Å². The predicted octanol–water partition coefficient (Wildman–Crippen LogP) is 7.60. The first-order chi connectivity index (χ1) is 12.5. The van der Waals surface area contributed by atoms with Crippen molar-refractivity contribution in [3.8, 4) is 0 Å². The Balaban J connectivity index is 1.60. The molecular formula is C25H44O. The number of allylic oxidation sites excluding steroid dienone is 3. The van der Waals surface area contributed by atoms with Crippen molar-refractivity contribution < 1.29 is 5.11 Å². The zero-order valence-corrected chi connectivity index (χ0v) is 17.9. The Morgan fingerprint density at radius 2 is 1.69 bits per heavy atom. The van der Waals surface area contributed by atoms with Crippen molar-refractivity contribution >= 4 is 0 Å². The second kappa shape index (κ2) is 11.3. The van der Waals surface area contributed by atoms with Gasteiger partial charge >= 0.3 is 0 Å². The van der Waals surface area contributed by atoms with Gasteiger partial charge in [0.15, 0.2) is 0 Å². The van der Waals surface area contributed by atoms with Crippen LogP contribution in [0.15, 0.2) is 23.3 Å². The van der Waals surface area contributed by atoms with Crippen molar-refractivity contribution in [2.45, 2.75) is 117 Å². The van der Waals surface area contributed by atoms with E-state index in [-0.39, 0.29) is 6.10 Å². The molecule has 2 aliphatic rings. The van der Waals surface area contributed by atoms with E-state index in [2.05, 4.69) is 27.4 Å². The summed E-state index contributed by atoms with van der Waals surface area (Å²) in [7, 11) is 0. The minimum atomic E-state index is -0.0752. The van der Waals surface area contributed by atoms with E-state index in [9.17, 15) is 5.11 Å². The molecular weight excluding hydrogens is 316 g/mol. The number of aliphatic hydroxyl groups excluding tert-OH is 1. The lowest BCUT2D eigenvalue weighted by molar-refractivity contribution is 0.0818. The maximum absolute atomic E-state index is 10.6. The molecule has 0 fully saturated rings. The van der Waals surface area contributed by atoms with Crippen LogP contribution in [0, 0.1) is 17.8 Å². The molecule has 1 heteroatoms. The molecule has 0 saturated heterocycles. The highest BCUT2D eigenvalue weighted by Crippen LogP contribution is 2.43. The molecule has 0 aliphatic heterocycles. The SMILES string of the molecule is C=C(CCC(C)CCC(O)C1CCC2=C(CC2)C1)CC(CCC)CCC. The van der Waals surface area contributed by atoms with Crippen LogP contribution in [0.5, 0.6) is 0 Å². The summed E-state index contributed by atoms with van der Waals surface area (Å²) in [5.41, 5.74) is 4.88. The van der Waals surface area contributed by atoms with Crippen molar-refractivity contribution in [1.82, 2.24) is 0 Å². The van der Waals surface area contributed by atoms with Crippen molar-refractivity contribution in [3.05, 3.63) is 23.3 Å². The highest BCUT2D eigenvalue weighted by atomic mass is 16.3. The number of hydrogen-bond acceptors (Lipinski definition) is 1. The van der Waals surface area contributed by atoms with Gasteiger partial charge in [0.05, 0.1) is 6.10 Å². The van der Waals surface area contributed by atoms with Crippen molar-refractivity contribution in [3.63, 3.8) is 0 Å². The van der Waals surface area contributed by atoms with E-state index in [0.29, 0.717) is 11.8 Å². The number of rotatable bonds is 13. The van der Waals surface area contributed by atoms with Crippen LogP contribution in [0.1, 0.15) is 111 Å². The molecule has 0 amide bonds. The van der Waals surface area contributed by atoms with Crippen molar-refractivity contribution in [1.29, 1.82) is 0 Å². The molecule has 0 aromatic rings. The summed E-state index contributed by atoms with van der Waals surface area (Å²) in [6.07, 6.45) is 17.4. The van der Waals surface area contributed by atoms with E-state index in [1.807, 2.05) is 0 Å². The Hall–Kier alpha value is -0.560. The smallest absolute Gasteiger partial charge is 0.0571 e. The first kappa shape index (κ1) is 21.7. The van der Waals surface area contributed by atoms with E-state index in [1.54, 1.807) is 11.1 Å². The molecule has 1 nitrogen and oxygen atoms in total. The molecule has 0 aromatic carbocycles. The van der Waals surface area contributed by atoms with Gasteiger partial charge in [0.25, 0.3) is 0 Å². The Morgan fingerprint density at radius 3 is 2.27 bits per heavy atom. The third-order valence-corrected chi connectivity index (χ3v) is 7.02.